The van der Waals surface area contributed by atoms with E-state index in [1.165, 1.54) is 0 Å². The topological polar surface area (TPSA) is 79.7 Å². The molecule has 0 aliphatic carbocycles. The number of hydrogen-bond donors (Lipinski definition) is 1. The maximum absolute atomic E-state index is 12.6. The summed E-state index contributed by atoms with van der Waals surface area (Å²) in [6, 6.07) is 8.06. The van der Waals surface area contributed by atoms with Gasteiger partial charge in [-0.25, -0.2) is 4.98 Å². The lowest BCUT2D eigenvalue weighted by Gasteiger charge is -2.32. The predicted molar refractivity (Wildman–Crippen MR) is 94.0 cm³/mol. The molecular formula is C18H22N6O. The summed E-state index contributed by atoms with van der Waals surface area (Å²) in [5, 5.41) is 7.91. The molecule has 0 unspecified atom stereocenters. The molecule has 2 aromatic heterocycles. The van der Waals surface area contributed by atoms with Crippen molar-refractivity contribution in [3.8, 4) is 0 Å². The molecule has 0 radical (unpaired) electrons. The fourth-order valence-electron chi connectivity index (χ4n) is 3.50. The first-order valence-corrected chi connectivity index (χ1v) is 8.76. The molecule has 4 rings (SSSR count). The maximum Gasteiger partial charge on any atom is 0.223 e. The van der Waals surface area contributed by atoms with Crippen molar-refractivity contribution < 1.29 is 4.79 Å². The van der Waals surface area contributed by atoms with Gasteiger partial charge >= 0.3 is 0 Å². The van der Waals surface area contributed by atoms with Gasteiger partial charge in [-0.05, 0) is 25.0 Å². The van der Waals surface area contributed by atoms with Crippen LogP contribution < -0.4 is 0 Å². The molecule has 7 heteroatoms. The Balaban J connectivity index is 1.41. The lowest BCUT2D eigenvalue weighted by molar-refractivity contribution is -0.132. The Bertz CT molecular complexity index is 849. The number of likely N-dealkylation sites (tertiary alicyclic amines) is 1. The number of benzene rings is 1. The number of carbonyl (C=O) groups excluding carboxylic acids is 1. The number of fused-ring (bicyclic) bond motifs is 1. The van der Waals surface area contributed by atoms with E-state index in [2.05, 4.69) is 15.2 Å². The zero-order chi connectivity index (χ0) is 17.2. The second-order valence-electron chi connectivity index (χ2n) is 6.68. The van der Waals surface area contributed by atoms with Crippen LogP contribution in [0.2, 0.25) is 0 Å². The largest absolute Gasteiger partial charge is 0.342 e. The summed E-state index contributed by atoms with van der Waals surface area (Å²) in [6.45, 7) is 1.56. The smallest absolute Gasteiger partial charge is 0.223 e. The van der Waals surface area contributed by atoms with Crippen LogP contribution in [0.1, 0.15) is 36.8 Å². The average molecular weight is 338 g/mol. The number of amides is 1. The van der Waals surface area contributed by atoms with Crippen LogP contribution in [-0.2, 0) is 18.3 Å². The second-order valence-corrected chi connectivity index (χ2v) is 6.68. The van der Waals surface area contributed by atoms with Crippen molar-refractivity contribution in [3.63, 3.8) is 0 Å². The number of aromatic nitrogens is 5. The fourth-order valence-corrected chi connectivity index (χ4v) is 3.50. The SMILES string of the molecule is Cn1cnnc1CCC(=O)N1CCC[C@H](c2nc3ccccc3[nH]2)C1. The number of imidazole rings is 1. The van der Waals surface area contributed by atoms with Gasteiger partial charge in [0.2, 0.25) is 5.91 Å². The summed E-state index contributed by atoms with van der Waals surface area (Å²) in [5.41, 5.74) is 2.05. The molecule has 130 valence electrons. The number of nitrogens with one attached hydrogen (secondary N) is 1. The van der Waals surface area contributed by atoms with E-state index in [0.717, 1.165) is 48.6 Å². The van der Waals surface area contributed by atoms with Crippen LogP contribution in [0.3, 0.4) is 0 Å². The molecule has 1 fully saturated rings. The van der Waals surface area contributed by atoms with Gasteiger partial charge in [0.15, 0.2) is 0 Å². The highest BCUT2D eigenvalue weighted by molar-refractivity contribution is 5.77. The van der Waals surface area contributed by atoms with Gasteiger partial charge in [-0.15, -0.1) is 10.2 Å². The van der Waals surface area contributed by atoms with Gasteiger partial charge < -0.3 is 14.5 Å². The number of aryl methyl sites for hydroxylation is 2. The number of hydrogen-bond acceptors (Lipinski definition) is 4. The molecule has 25 heavy (non-hydrogen) atoms. The number of nitrogens with zero attached hydrogens (tertiary/aromatic N) is 5. The van der Waals surface area contributed by atoms with E-state index in [9.17, 15) is 4.79 Å². The molecule has 7 nitrogen and oxygen atoms in total. The molecule has 1 aromatic carbocycles. The van der Waals surface area contributed by atoms with Crippen LogP contribution in [-0.4, -0.2) is 48.6 Å². The van der Waals surface area contributed by atoms with Crippen molar-refractivity contribution in [1.29, 1.82) is 0 Å². The van der Waals surface area contributed by atoms with Crippen LogP contribution in [0.5, 0.6) is 0 Å². The quantitative estimate of drug-likeness (QED) is 0.789. The lowest BCUT2D eigenvalue weighted by Crippen LogP contribution is -2.39. The number of aromatic amines is 1. The zero-order valence-electron chi connectivity index (χ0n) is 14.4. The zero-order valence-corrected chi connectivity index (χ0v) is 14.4. The number of piperidine rings is 1. The summed E-state index contributed by atoms with van der Waals surface area (Å²) >= 11 is 0. The Morgan fingerprint density at radius 1 is 1.36 bits per heavy atom. The summed E-state index contributed by atoms with van der Waals surface area (Å²) in [7, 11) is 1.90. The number of carbonyl (C=O) groups is 1. The van der Waals surface area contributed by atoms with Crippen molar-refractivity contribution >= 4 is 16.9 Å². The van der Waals surface area contributed by atoms with Gasteiger partial charge in [-0.3, -0.25) is 4.79 Å². The summed E-state index contributed by atoms with van der Waals surface area (Å²) in [6.07, 6.45) is 4.84. The average Bonchev–Trinajstić information content (AvgIpc) is 3.25. The number of para-hydroxylation sites is 2. The van der Waals surface area contributed by atoms with E-state index in [0.29, 0.717) is 12.8 Å². The highest BCUT2D eigenvalue weighted by atomic mass is 16.2. The molecule has 1 aliphatic heterocycles. The molecule has 0 spiro atoms. The Morgan fingerprint density at radius 2 is 2.24 bits per heavy atom. The summed E-state index contributed by atoms with van der Waals surface area (Å²) in [4.78, 5) is 22.7. The van der Waals surface area contributed by atoms with Crippen LogP contribution in [0, 0.1) is 0 Å². The van der Waals surface area contributed by atoms with E-state index >= 15 is 0 Å². The van der Waals surface area contributed by atoms with Gasteiger partial charge in [0, 0.05) is 38.9 Å². The third-order valence-electron chi connectivity index (χ3n) is 4.94. The molecule has 3 heterocycles. The Morgan fingerprint density at radius 3 is 3.04 bits per heavy atom. The van der Waals surface area contributed by atoms with Crippen molar-refractivity contribution in [1.82, 2.24) is 29.6 Å². The van der Waals surface area contributed by atoms with Crippen molar-refractivity contribution in [2.24, 2.45) is 7.05 Å². The van der Waals surface area contributed by atoms with E-state index in [4.69, 9.17) is 4.98 Å². The minimum atomic E-state index is 0.184. The molecule has 1 amide bonds. The third kappa shape index (κ3) is 3.26. The van der Waals surface area contributed by atoms with Gasteiger partial charge in [-0.1, -0.05) is 12.1 Å². The van der Waals surface area contributed by atoms with Gasteiger partial charge in [0.25, 0.3) is 0 Å². The molecule has 1 N–H and O–H groups in total. The normalized spacial score (nSPS) is 18.0. The standard InChI is InChI=1S/C18H22N6O/c1-23-12-19-22-16(23)8-9-17(25)24-10-4-5-13(11-24)18-20-14-6-2-3-7-15(14)21-18/h2-3,6-7,12-13H,4-5,8-11H2,1H3,(H,20,21)/t13-/m0/s1. The molecular weight excluding hydrogens is 316 g/mol. The molecule has 0 bridgehead atoms. The fraction of sp³-hybridized carbons (Fsp3) is 0.444. The van der Waals surface area contributed by atoms with Crippen LogP contribution in [0.4, 0.5) is 0 Å². The number of rotatable bonds is 4. The molecule has 1 atom stereocenters. The van der Waals surface area contributed by atoms with E-state index in [-0.39, 0.29) is 11.8 Å². The monoisotopic (exact) mass is 338 g/mol. The molecule has 0 saturated carbocycles. The maximum atomic E-state index is 12.6. The first-order valence-electron chi connectivity index (χ1n) is 8.76. The van der Waals surface area contributed by atoms with Crippen molar-refractivity contribution in [2.45, 2.75) is 31.6 Å². The van der Waals surface area contributed by atoms with Gasteiger partial charge in [0.1, 0.15) is 18.0 Å². The molecule has 1 saturated heterocycles. The highest BCUT2D eigenvalue weighted by Gasteiger charge is 2.26. The van der Waals surface area contributed by atoms with Crippen LogP contribution in [0.25, 0.3) is 11.0 Å². The lowest BCUT2D eigenvalue weighted by atomic mass is 9.97. The third-order valence-corrected chi connectivity index (χ3v) is 4.94. The van der Waals surface area contributed by atoms with Gasteiger partial charge in [-0.2, -0.15) is 0 Å². The summed E-state index contributed by atoms with van der Waals surface area (Å²) in [5.74, 6) is 2.30. The minimum Gasteiger partial charge on any atom is -0.342 e. The Hall–Kier alpha value is -2.70. The molecule has 1 aliphatic rings. The van der Waals surface area contributed by atoms with E-state index < -0.39 is 0 Å². The van der Waals surface area contributed by atoms with Crippen molar-refractivity contribution in [2.75, 3.05) is 13.1 Å². The minimum absolute atomic E-state index is 0.184. The summed E-state index contributed by atoms with van der Waals surface area (Å²) < 4.78 is 1.86. The first kappa shape index (κ1) is 15.8. The Labute approximate surface area is 146 Å². The van der Waals surface area contributed by atoms with Crippen LogP contribution >= 0.6 is 0 Å². The van der Waals surface area contributed by atoms with Crippen molar-refractivity contribution in [3.05, 3.63) is 42.2 Å². The predicted octanol–water partition coefficient (Wildman–Crippen LogP) is 2.03. The second kappa shape index (κ2) is 6.66. The molecule has 3 aromatic rings. The van der Waals surface area contributed by atoms with Crippen LogP contribution in [0.15, 0.2) is 30.6 Å². The van der Waals surface area contributed by atoms with E-state index in [1.54, 1.807) is 6.33 Å². The van der Waals surface area contributed by atoms with Gasteiger partial charge in [0.05, 0.1) is 11.0 Å². The highest BCUT2D eigenvalue weighted by Crippen LogP contribution is 2.27. The van der Waals surface area contributed by atoms with E-state index in [1.807, 2.05) is 40.8 Å². The number of H-pyrrole nitrogens is 1. The first-order chi connectivity index (χ1) is 12.2. The Kier molecular flexibility index (Phi) is 4.21.